The molecule has 0 aromatic heterocycles. The molecule has 2 radical (unpaired) electrons. The van der Waals surface area contributed by atoms with E-state index in [-0.39, 0.29) is 0 Å². The third kappa shape index (κ3) is 2.36. The van der Waals surface area contributed by atoms with Crippen LogP contribution in [0.15, 0.2) is 12.1 Å². The highest BCUT2D eigenvalue weighted by Gasteiger charge is 2.02. The first-order valence-electron chi connectivity index (χ1n) is 5.13. The first-order valence-corrected chi connectivity index (χ1v) is 5.70. The molecule has 0 nitrogen and oxygen atoms in total. The summed E-state index contributed by atoms with van der Waals surface area (Å²) < 4.78 is 1.42. The second kappa shape index (κ2) is 4.84. The highest BCUT2D eigenvalue weighted by atomic mass is 27.0. The lowest BCUT2D eigenvalue weighted by molar-refractivity contribution is 1.06. The van der Waals surface area contributed by atoms with Crippen LogP contribution in [0.5, 0.6) is 0 Å². The highest BCUT2D eigenvalue weighted by molar-refractivity contribution is 6.34. The van der Waals surface area contributed by atoms with Gasteiger partial charge in [-0.15, -0.1) is 4.43 Å². The van der Waals surface area contributed by atoms with Crippen LogP contribution in [0.25, 0.3) is 0 Å². The van der Waals surface area contributed by atoms with E-state index in [2.05, 4.69) is 49.2 Å². The third-order valence-corrected chi connectivity index (χ3v) is 3.32. The zero-order valence-electron chi connectivity index (χ0n) is 8.85. The van der Waals surface area contributed by atoms with Gasteiger partial charge in [-0.25, -0.2) is 0 Å². The fourth-order valence-electron chi connectivity index (χ4n) is 1.64. The Morgan fingerprint density at radius 1 is 0.923 bits per heavy atom. The number of hydrogen-bond donors (Lipinski definition) is 0. The van der Waals surface area contributed by atoms with E-state index in [1.807, 2.05) is 0 Å². The van der Waals surface area contributed by atoms with Crippen LogP contribution in [0.1, 0.15) is 37.5 Å². The Labute approximate surface area is 89.8 Å². The Morgan fingerprint density at radius 2 is 1.38 bits per heavy atom. The molecule has 68 valence electrons. The molecule has 0 heterocycles. The van der Waals surface area contributed by atoms with E-state index in [1.165, 1.54) is 21.1 Å². The Balaban J connectivity index is 3.20. The summed E-state index contributed by atoms with van der Waals surface area (Å²) in [6.07, 6.45) is 3.42. The maximum Gasteiger partial charge on any atom is 0.176 e. The molecule has 0 spiro atoms. The van der Waals surface area contributed by atoms with Crippen molar-refractivity contribution >= 4 is 20.7 Å². The van der Waals surface area contributed by atoms with Crippen LogP contribution < -0.4 is 4.43 Å². The molecule has 1 heteroatoms. The van der Waals surface area contributed by atoms with Crippen LogP contribution in [-0.2, 0) is 19.3 Å². The van der Waals surface area contributed by atoms with Crippen molar-refractivity contribution < 1.29 is 0 Å². The minimum Gasteiger partial charge on any atom is -0.133 e. The monoisotopic (exact) mass is 188 g/mol. The molecule has 1 aromatic rings. The van der Waals surface area contributed by atoms with E-state index in [9.17, 15) is 0 Å². The van der Waals surface area contributed by atoms with E-state index in [1.54, 1.807) is 0 Å². The average Bonchev–Trinajstić information content (AvgIpc) is 2.18. The molecule has 0 amide bonds. The van der Waals surface area contributed by atoms with Crippen molar-refractivity contribution in [2.45, 2.75) is 40.0 Å². The summed E-state index contributed by atoms with van der Waals surface area (Å²) in [5.74, 6) is 0. The molecule has 0 fully saturated rings. The van der Waals surface area contributed by atoms with Gasteiger partial charge in [0.1, 0.15) is 0 Å². The van der Waals surface area contributed by atoms with Gasteiger partial charge in [0.15, 0.2) is 16.3 Å². The summed E-state index contributed by atoms with van der Waals surface area (Å²) >= 11 is 2.88. The smallest absolute Gasteiger partial charge is 0.133 e. The lowest BCUT2D eigenvalue weighted by Gasteiger charge is -2.12. The second-order valence-corrected chi connectivity index (χ2v) is 3.97. The summed E-state index contributed by atoms with van der Waals surface area (Å²) in [7, 11) is 0. The molecule has 0 saturated carbocycles. The number of hydrogen-bond acceptors (Lipinski definition) is 0. The maximum absolute atomic E-state index is 2.88. The molecule has 0 unspecified atom stereocenters. The molecule has 13 heavy (non-hydrogen) atoms. The van der Waals surface area contributed by atoms with Gasteiger partial charge in [-0.3, -0.25) is 0 Å². The zero-order chi connectivity index (χ0) is 9.84. The zero-order valence-corrected chi connectivity index (χ0v) is 10.0. The quantitative estimate of drug-likeness (QED) is 0.638. The van der Waals surface area contributed by atoms with Crippen molar-refractivity contribution in [3.8, 4) is 0 Å². The summed E-state index contributed by atoms with van der Waals surface area (Å²) in [5.41, 5.74) is 4.45. The molecule has 0 saturated heterocycles. The van der Waals surface area contributed by atoms with Crippen LogP contribution in [0.2, 0.25) is 0 Å². The molecule has 0 aliphatic rings. The van der Waals surface area contributed by atoms with Gasteiger partial charge in [0.2, 0.25) is 0 Å². The molecule has 0 atom stereocenters. The highest BCUT2D eigenvalue weighted by Crippen LogP contribution is 2.09. The topological polar surface area (TPSA) is 0 Å². The summed E-state index contributed by atoms with van der Waals surface area (Å²) in [6, 6.07) is 4.67. The minimum atomic E-state index is 1.14. The molecule has 0 aliphatic heterocycles. The van der Waals surface area contributed by atoms with Gasteiger partial charge in [0.05, 0.1) is 0 Å². The summed E-state index contributed by atoms with van der Waals surface area (Å²) in [5, 5.41) is 0. The van der Waals surface area contributed by atoms with Gasteiger partial charge < -0.3 is 0 Å². The predicted molar refractivity (Wildman–Crippen MR) is 60.0 cm³/mol. The van der Waals surface area contributed by atoms with Crippen molar-refractivity contribution in [1.82, 2.24) is 0 Å². The molecule has 0 bridgehead atoms. The second-order valence-electron chi connectivity index (χ2n) is 3.39. The molecular weight excluding hydrogens is 171 g/mol. The van der Waals surface area contributed by atoms with Crippen LogP contribution in [0.3, 0.4) is 0 Å². The van der Waals surface area contributed by atoms with E-state index in [4.69, 9.17) is 0 Å². The van der Waals surface area contributed by atoms with E-state index in [0.29, 0.717) is 0 Å². The van der Waals surface area contributed by atoms with Crippen molar-refractivity contribution in [2.24, 2.45) is 0 Å². The maximum atomic E-state index is 2.88. The number of rotatable bonds is 3. The van der Waals surface area contributed by atoms with Crippen LogP contribution in [0.4, 0.5) is 0 Å². The fourth-order valence-corrected chi connectivity index (χ4v) is 2.22. The summed E-state index contributed by atoms with van der Waals surface area (Å²) in [6.45, 7) is 6.67. The normalized spacial score (nSPS) is 10.4. The van der Waals surface area contributed by atoms with Crippen LogP contribution in [-0.4, -0.2) is 16.3 Å². The van der Waals surface area contributed by atoms with Gasteiger partial charge in [-0.05, 0) is 24.8 Å². The minimum absolute atomic E-state index is 1.14. The Bertz CT molecular complexity index is 264. The molecule has 1 rings (SSSR count). The Morgan fingerprint density at radius 3 is 1.69 bits per heavy atom. The molecule has 0 N–H and O–H groups in total. The third-order valence-electron chi connectivity index (χ3n) is 2.58. The van der Waals surface area contributed by atoms with Crippen LogP contribution in [0, 0.1) is 0 Å². The lowest BCUT2D eigenvalue weighted by Crippen LogP contribution is -2.16. The Hall–Kier alpha value is -0.248. The fraction of sp³-hybridized carbons (Fsp3) is 0.500. The van der Waals surface area contributed by atoms with Gasteiger partial charge >= 0.3 is 0 Å². The largest absolute Gasteiger partial charge is 0.176 e. The summed E-state index contributed by atoms with van der Waals surface area (Å²) in [4.78, 5) is 0. The van der Waals surface area contributed by atoms with E-state index >= 15 is 0 Å². The van der Waals surface area contributed by atoms with Gasteiger partial charge in [-0.1, -0.05) is 44.0 Å². The first kappa shape index (κ1) is 10.8. The van der Waals surface area contributed by atoms with Crippen molar-refractivity contribution in [1.29, 1.82) is 0 Å². The van der Waals surface area contributed by atoms with Crippen molar-refractivity contribution in [3.63, 3.8) is 0 Å². The SMILES string of the molecule is CCc1cc(CC)[c]([Al])c(CC)c1. The lowest BCUT2D eigenvalue weighted by atomic mass is 10.0. The average molecular weight is 188 g/mol. The van der Waals surface area contributed by atoms with Gasteiger partial charge in [0.25, 0.3) is 0 Å². The standard InChI is InChI=1S/C12H17.Al/c1-4-10-7-11(5-2)9-12(6-3)8-10;/h7-8H,4-6H2,1-3H3;. The molecular formula is C12H17Al. The van der Waals surface area contributed by atoms with Gasteiger partial charge in [0, 0.05) is 0 Å². The van der Waals surface area contributed by atoms with Gasteiger partial charge in [-0.2, -0.15) is 0 Å². The predicted octanol–water partition coefficient (Wildman–Crippen LogP) is 2.17. The Kier molecular flexibility index (Phi) is 4.03. The molecule has 1 aromatic carbocycles. The number of aryl methyl sites for hydroxylation is 3. The number of benzene rings is 1. The van der Waals surface area contributed by atoms with E-state index < -0.39 is 0 Å². The van der Waals surface area contributed by atoms with Crippen molar-refractivity contribution in [2.75, 3.05) is 0 Å². The van der Waals surface area contributed by atoms with Crippen molar-refractivity contribution in [3.05, 3.63) is 28.8 Å². The first-order chi connectivity index (χ1) is 6.22. The molecule has 0 aliphatic carbocycles. The van der Waals surface area contributed by atoms with Crippen LogP contribution >= 0.6 is 0 Å². The van der Waals surface area contributed by atoms with E-state index in [0.717, 1.165) is 19.3 Å².